The van der Waals surface area contributed by atoms with Gasteiger partial charge in [0.05, 0.1) is 6.04 Å². The SMILES string of the molecule is CC1NC(=O)C1O. The molecule has 1 fully saturated rings. The zero-order valence-electron chi connectivity index (χ0n) is 4.01. The fraction of sp³-hybridized carbons (Fsp3) is 0.750. The lowest BCUT2D eigenvalue weighted by Gasteiger charge is -2.28. The third-order valence-electron chi connectivity index (χ3n) is 1.11. The van der Waals surface area contributed by atoms with E-state index in [4.69, 9.17) is 5.11 Å². The number of carbonyl (C=O) groups is 1. The molecule has 1 amide bonds. The lowest BCUT2D eigenvalue weighted by molar-refractivity contribution is -0.141. The molecule has 3 nitrogen and oxygen atoms in total. The Bertz CT molecular complexity index is 102. The molecule has 1 aliphatic heterocycles. The van der Waals surface area contributed by atoms with Crippen LogP contribution < -0.4 is 5.32 Å². The zero-order valence-corrected chi connectivity index (χ0v) is 4.01. The van der Waals surface area contributed by atoms with E-state index in [1.165, 1.54) is 0 Å². The largest absolute Gasteiger partial charge is 0.381 e. The average Bonchev–Trinajstić information content (AvgIpc) is 1.68. The first kappa shape index (κ1) is 4.59. The van der Waals surface area contributed by atoms with Gasteiger partial charge in [0, 0.05) is 0 Å². The molecule has 1 rings (SSSR count). The third kappa shape index (κ3) is 0.489. The van der Waals surface area contributed by atoms with Crippen molar-refractivity contribution >= 4 is 5.91 Å². The molecule has 0 aliphatic carbocycles. The van der Waals surface area contributed by atoms with E-state index in [1.807, 2.05) is 0 Å². The van der Waals surface area contributed by atoms with Crippen molar-refractivity contribution in [1.29, 1.82) is 0 Å². The fourth-order valence-corrected chi connectivity index (χ4v) is 0.520. The maximum atomic E-state index is 10.1. The molecule has 0 saturated carbocycles. The Morgan fingerprint density at radius 3 is 2.43 bits per heavy atom. The van der Waals surface area contributed by atoms with Gasteiger partial charge in [-0.2, -0.15) is 0 Å². The highest BCUT2D eigenvalue weighted by molar-refractivity contribution is 5.87. The first-order valence-electron chi connectivity index (χ1n) is 2.20. The normalized spacial score (nSPS) is 39.4. The highest BCUT2D eigenvalue weighted by atomic mass is 16.3. The molecular formula is C4H7NO2. The van der Waals surface area contributed by atoms with Gasteiger partial charge in [0.1, 0.15) is 0 Å². The van der Waals surface area contributed by atoms with Gasteiger partial charge in [0.15, 0.2) is 6.10 Å². The molecule has 3 heteroatoms. The van der Waals surface area contributed by atoms with Gasteiger partial charge in [0.2, 0.25) is 0 Å². The molecule has 0 aromatic carbocycles. The van der Waals surface area contributed by atoms with E-state index in [2.05, 4.69) is 5.32 Å². The number of rotatable bonds is 0. The summed E-state index contributed by atoms with van der Waals surface area (Å²) in [4.78, 5) is 10.1. The van der Waals surface area contributed by atoms with Gasteiger partial charge in [-0.1, -0.05) is 0 Å². The molecule has 0 radical (unpaired) electrons. The number of hydrogen-bond donors (Lipinski definition) is 2. The maximum Gasteiger partial charge on any atom is 0.251 e. The second kappa shape index (κ2) is 1.20. The standard InChI is InChI=1S/C4H7NO2/c1-2-3(6)4(7)5-2/h2-3,6H,1H3,(H,5,7). The number of carbonyl (C=O) groups excluding carboxylic acids is 1. The van der Waals surface area contributed by atoms with Gasteiger partial charge in [-0.3, -0.25) is 4.79 Å². The van der Waals surface area contributed by atoms with Crippen LogP contribution in [0.25, 0.3) is 0 Å². The van der Waals surface area contributed by atoms with Crippen molar-refractivity contribution in [1.82, 2.24) is 5.32 Å². The number of amides is 1. The van der Waals surface area contributed by atoms with E-state index in [1.54, 1.807) is 6.92 Å². The predicted octanol–water partition coefficient (Wildman–Crippen LogP) is -1.13. The van der Waals surface area contributed by atoms with Crippen LogP contribution in [0.4, 0.5) is 0 Å². The monoisotopic (exact) mass is 101 g/mol. The quantitative estimate of drug-likeness (QED) is 0.379. The fourth-order valence-electron chi connectivity index (χ4n) is 0.520. The summed E-state index contributed by atoms with van der Waals surface area (Å²) in [5, 5.41) is 11.0. The topological polar surface area (TPSA) is 49.3 Å². The molecule has 1 saturated heterocycles. The first-order chi connectivity index (χ1) is 3.22. The second-order valence-corrected chi connectivity index (χ2v) is 1.74. The zero-order chi connectivity index (χ0) is 5.44. The number of β-lactam (4-membered cyclic amide) rings is 1. The van der Waals surface area contributed by atoms with Gasteiger partial charge in [-0.25, -0.2) is 0 Å². The van der Waals surface area contributed by atoms with Gasteiger partial charge in [-0.15, -0.1) is 0 Å². The van der Waals surface area contributed by atoms with Crippen LogP contribution >= 0.6 is 0 Å². The molecular weight excluding hydrogens is 94.0 g/mol. The van der Waals surface area contributed by atoms with E-state index in [9.17, 15) is 4.79 Å². The van der Waals surface area contributed by atoms with Gasteiger partial charge in [0.25, 0.3) is 5.91 Å². The summed E-state index contributed by atoms with van der Waals surface area (Å²) >= 11 is 0. The van der Waals surface area contributed by atoms with Crippen LogP contribution in [0.2, 0.25) is 0 Å². The van der Waals surface area contributed by atoms with E-state index >= 15 is 0 Å². The van der Waals surface area contributed by atoms with Crippen molar-refractivity contribution in [2.45, 2.75) is 19.1 Å². The summed E-state index contributed by atoms with van der Waals surface area (Å²) in [6.07, 6.45) is -0.750. The number of hydrogen-bond acceptors (Lipinski definition) is 2. The highest BCUT2D eigenvalue weighted by Crippen LogP contribution is 2.02. The van der Waals surface area contributed by atoms with Crippen LogP contribution in [-0.4, -0.2) is 23.2 Å². The Labute approximate surface area is 41.3 Å². The molecule has 40 valence electrons. The van der Waals surface area contributed by atoms with Gasteiger partial charge < -0.3 is 10.4 Å². The summed E-state index contributed by atoms with van der Waals surface area (Å²) in [6.45, 7) is 1.76. The van der Waals surface area contributed by atoms with Crippen LogP contribution in [0, 0.1) is 0 Å². The number of nitrogens with one attached hydrogen (secondary N) is 1. The maximum absolute atomic E-state index is 10.1. The van der Waals surface area contributed by atoms with Crippen LogP contribution in [-0.2, 0) is 4.79 Å². The molecule has 2 unspecified atom stereocenters. The summed E-state index contributed by atoms with van der Waals surface area (Å²) in [5.41, 5.74) is 0. The summed E-state index contributed by atoms with van der Waals surface area (Å²) in [5.74, 6) is -0.257. The molecule has 7 heavy (non-hydrogen) atoms. The smallest absolute Gasteiger partial charge is 0.251 e. The van der Waals surface area contributed by atoms with Crippen molar-refractivity contribution in [3.05, 3.63) is 0 Å². The molecule has 0 bridgehead atoms. The van der Waals surface area contributed by atoms with Crippen LogP contribution in [0.5, 0.6) is 0 Å². The van der Waals surface area contributed by atoms with Crippen molar-refractivity contribution in [2.75, 3.05) is 0 Å². The lowest BCUT2D eigenvalue weighted by Crippen LogP contribution is -2.60. The third-order valence-corrected chi connectivity index (χ3v) is 1.11. The highest BCUT2D eigenvalue weighted by Gasteiger charge is 2.33. The molecule has 2 N–H and O–H groups in total. The summed E-state index contributed by atoms with van der Waals surface area (Å²) < 4.78 is 0. The predicted molar refractivity (Wildman–Crippen MR) is 23.6 cm³/mol. The molecule has 1 heterocycles. The molecule has 0 aromatic rings. The minimum absolute atomic E-state index is 0.0347. The molecule has 1 aliphatic rings. The lowest BCUT2D eigenvalue weighted by atomic mass is 10.1. The molecule has 0 aromatic heterocycles. The summed E-state index contributed by atoms with van der Waals surface area (Å²) in [7, 11) is 0. The first-order valence-corrected chi connectivity index (χ1v) is 2.20. The minimum atomic E-state index is -0.750. The minimum Gasteiger partial charge on any atom is -0.381 e. The Morgan fingerprint density at radius 2 is 2.43 bits per heavy atom. The Balaban J connectivity index is 2.43. The Hall–Kier alpha value is -0.570. The van der Waals surface area contributed by atoms with Crippen LogP contribution in [0.1, 0.15) is 6.92 Å². The van der Waals surface area contributed by atoms with Gasteiger partial charge in [-0.05, 0) is 6.92 Å². The molecule has 2 atom stereocenters. The van der Waals surface area contributed by atoms with Crippen molar-refractivity contribution in [3.63, 3.8) is 0 Å². The summed E-state index contributed by atoms with van der Waals surface area (Å²) in [6, 6.07) is -0.0347. The Morgan fingerprint density at radius 1 is 1.86 bits per heavy atom. The van der Waals surface area contributed by atoms with E-state index in [-0.39, 0.29) is 11.9 Å². The van der Waals surface area contributed by atoms with Crippen molar-refractivity contribution in [3.8, 4) is 0 Å². The van der Waals surface area contributed by atoms with Crippen LogP contribution in [0.15, 0.2) is 0 Å². The average molecular weight is 101 g/mol. The van der Waals surface area contributed by atoms with Gasteiger partial charge >= 0.3 is 0 Å². The van der Waals surface area contributed by atoms with E-state index in [0.717, 1.165) is 0 Å². The van der Waals surface area contributed by atoms with E-state index < -0.39 is 6.10 Å². The Kier molecular flexibility index (Phi) is 0.785. The van der Waals surface area contributed by atoms with Crippen LogP contribution in [0.3, 0.4) is 0 Å². The van der Waals surface area contributed by atoms with Crippen molar-refractivity contribution < 1.29 is 9.90 Å². The second-order valence-electron chi connectivity index (χ2n) is 1.74. The van der Waals surface area contributed by atoms with Crippen molar-refractivity contribution in [2.24, 2.45) is 0 Å². The number of aliphatic hydroxyl groups excluding tert-OH is 1. The van der Waals surface area contributed by atoms with E-state index in [0.29, 0.717) is 0 Å². The molecule has 0 spiro atoms. The number of aliphatic hydroxyl groups is 1.